The summed E-state index contributed by atoms with van der Waals surface area (Å²) < 4.78 is 73.0. The van der Waals surface area contributed by atoms with Crippen LogP contribution in [0.5, 0.6) is 0 Å². The number of halogens is 6. The standard InChI is InChI=1S/C8H3F6/c9-6-4-2-1-3-5(6)7(10,11)8(12,13)14/h1,3-4H. The van der Waals surface area contributed by atoms with Crippen molar-refractivity contribution >= 4 is 0 Å². The first-order chi connectivity index (χ1) is 6.27. The van der Waals surface area contributed by atoms with Gasteiger partial charge in [0.1, 0.15) is 5.82 Å². The Kier molecular flexibility index (Phi) is 2.47. The molecule has 77 valence electrons. The Labute approximate surface area is 75.2 Å². The molecule has 0 aliphatic heterocycles. The second-order valence-electron chi connectivity index (χ2n) is 2.48. The zero-order chi connectivity index (χ0) is 11.0. The largest absolute Gasteiger partial charge is 0.458 e. The molecule has 1 rings (SSSR count). The van der Waals surface area contributed by atoms with Gasteiger partial charge in [-0.2, -0.15) is 22.0 Å². The molecule has 0 amide bonds. The molecule has 0 atom stereocenters. The van der Waals surface area contributed by atoms with E-state index in [4.69, 9.17) is 0 Å². The van der Waals surface area contributed by atoms with Crippen molar-refractivity contribution < 1.29 is 26.3 Å². The van der Waals surface area contributed by atoms with Gasteiger partial charge in [0.25, 0.3) is 0 Å². The predicted octanol–water partition coefficient (Wildman–Crippen LogP) is 3.28. The van der Waals surface area contributed by atoms with E-state index in [1.54, 1.807) is 0 Å². The summed E-state index contributed by atoms with van der Waals surface area (Å²) in [6.45, 7) is 0. The highest BCUT2D eigenvalue weighted by atomic mass is 19.4. The Morgan fingerprint density at radius 2 is 1.64 bits per heavy atom. The van der Waals surface area contributed by atoms with Crippen molar-refractivity contribution in [3.63, 3.8) is 0 Å². The van der Waals surface area contributed by atoms with Gasteiger partial charge in [-0.1, -0.05) is 6.07 Å². The predicted molar refractivity (Wildman–Crippen MR) is 35.2 cm³/mol. The van der Waals surface area contributed by atoms with Gasteiger partial charge in [0.15, 0.2) is 0 Å². The molecule has 0 spiro atoms. The number of benzene rings is 1. The van der Waals surface area contributed by atoms with Crippen molar-refractivity contribution in [3.8, 4) is 0 Å². The first kappa shape index (κ1) is 10.9. The van der Waals surface area contributed by atoms with E-state index >= 15 is 0 Å². The van der Waals surface area contributed by atoms with Crippen LogP contribution in [-0.4, -0.2) is 6.18 Å². The first-order valence-electron chi connectivity index (χ1n) is 3.37. The van der Waals surface area contributed by atoms with E-state index in [0.29, 0.717) is 12.1 Å². The molecule has 1 radical (unpaired) electrons. The molecular weight excluding hydrogens is 210 g/mol. The van der Waals surface area contributed by atoms with Gasteiger partial charge in [0, 0.05) is 0 Å². The van der Waals surface area contributed by atoms with Crippen LogP contribution in [0.4, 0.5) is 26.3 Å². The topological polar surface area (TPSA) is 0 Å². The minimum Gasteiger partial charge on any atom is -0.206 e. The number of alkyl halides is 5. The van der Waals surface area contributed by atoms with Crippen LogP contribution in [0.3, 0.4) is 0 Å². The second-order valence-corrected chi connectivity index (χ2v) is 2.48. The number of hydrogen-bond acceptors (Lipinski definition) is 0. The van der Waals surface area contributed by atoms with Crippen molar-refractivity contribution in [3.05, 3.63) is 35.6 Å². The van der Waals surface area contributed by atoms with Gasteiger partial charge in [-0.25, -0.2) is 4.39 Å². The molecule has 0 saturated heterocycles. The maximum Gasteiger partial charge on any atom is 0.458 e. The van der Waals surface area contributed by atoms with Gasteiger partial charge < -0.3 is 0 Å². The molecule has 0 aromatic heterocycles. The fourth-order valence-electron chi connectivity index (χ4n) is 0.817. The maximum absolute atomic E-state index is 12.6. The molecule has 1 aromatic rings. The third-order valence-electron chi connectivity index (χ3n) is 1.51. The van der Waals surface area contributed by atoms with Crippen molar-refractivity contribution in [1.82, 2.24) is 0 Å². The van der Waals surface area contributed by atoms with Crippen LogP contribution < -0.4 is 0 Å². The van der Waals surface area contributed by atoms with Crippen molar-refractivity contribution in [2.24, 2.45) is 0 Å². The van der Waals surface area contributed by atoms with E-state index in [1.165, 1.54) is 0 Å². The van der Waals surface area contributed by atoms with Crippen LogP contribution in [-0.2, 0) is 5.92 Å². The highest BCUT2D eigenvalue weighted by Crippen LogP contribution is 2.44. The van der Waals surface area contributed by atoms with Crippen LogP contribution in [0.25, 0.3) is 0 Å². The van der Waals surface area contributed by atoms with E-state index in [-0.39, 0.29) is 0 Å². The highest BCUT2D eigenvalue weighted by Gasteiger charge is 2.59. The second kappa shape index (κ2) is 3.18. The van der Waals surface area contributed by atoms with Gasteiger partial charge in [-0.05, 0) is 18.2 Å². The van der Waals surface area contributed by atoms with E-state index in [9.17, 15) is 26.3 Å². The molecule has 0 bridgehead atoms. The smallest absolute Gasteiger partial charge is 0.206 e. The molecule has 0 unspecified atom stereocenters. The Hall–Kier alpha value is -1.20. The van der Waals surface area contributed by atoms with Gasteiger partial charge in [-0.3, -0.25) is 0 Å². The summed E-state index contributed by atoms with van der Waals surface area (Å²) in [5.41, 5.74) is -1.69. The van der Waals surface area contributed by atoms with Crippen LogP contribution in [0.15, 0.2) is 18.2 Å². The van der Waals surface area contributed by atoms with E-state index in [0.717, 1.165) is 6.07 Å². The molecule has 0 fully saturated rings. The van der Waals surface area contributed by atoms with Gasteiger partial charge in [0.05, 0.1) is 5.56 Å². The minimum absolute atomic E-state index is 0.350. The summed E-state index contributed by atoms with van der Waals surface area (Å²) in [5.74, 6) is -6.80. The van der Waals surface area contributed by atoms with Crippen LogP contribution in [0.2, 0.25) is 0 Å². The summed E-state index contributed by atoms with van der Waals surface area (Å²) >= 11 is 0. The lowest BCUT2D eigenvalue weighted by atomic mass is 10.1. The van der Waals surface area contributed by atoms with Crippen LogP contribution in [0, 0.1) is 11.9 Å². The summed E-state index contributed by atoms with van der Waals surface area (Å²) in [6, 6.07) is 3.61. The summed E-state index contributed by atoms with van der Waals surface area (Å²) in [6.07, 6.45) is -5.80. The third-order valence-corrected chi connectivity index (χ3v) is 1.51. The average Bonchev–Trinajstić information content (AvgIpc) is 2.02. The van der Waals surface area contributed by atoms with Crippen molar-refractivity contribution in [1.29, 1.82) is 0 Å². The highest BCUT2D eigenvalue weighted by molar-refractivity contribution is 5.23. The van der Waals surface area contributed by atoms with Crippen LogP contribution in [0.1, 0.15) is 5.56 Å². The van der Waals surface area contributed by atoms with Gasteiger partial charge in [-0.15, -0.1) is 0 Å². The molecule has 14 heavy (non-hydrogen) atoms. The number of hydrogen-bond donors (Lipinski definition) is 0. The first-order valence-corrected chi connectivity index (χ1v) is 3.37. The molecule has 1 aromatic carbocycles. The molecule has 0 aliphatic carbocycles. The summed E-state index contributed by atoms with van der Waals surface area (Å²) in [5, 5.41) is 0. The van der Waals surface area contributed by atoms with Gasteiger partial charge in [0.2, 0.25) is 0 Å². The van der Waals surface area contributed by atoms with E-state index in [1.807, 2.05) is 6.07 Å². The summed E-state index contributed by atoms with van der Waals surface area (Å²) in [7, 11) is 0. The number of rotatable bonds is 1. The Morgan fingerprint density at radius 3 is 2.07 bits per heavy atom. The normalized spacial score (nSPS) is 13.0. The lowest BCUT2D eigenvalue weighted by molar-refractivity contribution is -0.290. The van der Waals surface area contributed by atoms with Crippen molar-refractivity contribution in [2.45, 2.75) is 12.1 Å². The minimum atomic E-state index is -5.80. The van der Waals surface area contributed by atoms with E-state index < -0.39 is 23.5 Å². The molecule has 0 N–H and O–H groups in total. The Bertz CT molecular complexity index is 327. The molecule has 0 heterocycles. The zero-order valence-electron chi connectivity index (χ0n) is 6.50. The zero-order valence-corrected chi connectivity index (χ0v) is 6.50. The van der Waals surface area contributed by atoms with Crippen LogP contribution >= 0.6 is 0 Å². The van der Waals surface area contributed by atoms with E-state index in [2.05, 4.69) is 0 Å². The molecule has 0 nitrogen and oxygen atoms in total. The molecule has 0 aliphatic rings. The quantitative estimate of drug-likeness (QED) is 0.628. The lowest BCUT2D eigenvalue weighted by Crippen LogP contribution is -2.34. The van der Waals surface area contributed by atoms with Crippen molar-refractivity contribution in [2.75, 3.05) is 0 Å². The third kappa shape index (κ3) is 1.69. The SMILES string of the molecule is Fc1c[c]ccc1C(F)(F)C(F)(F)F. The fourth-order valence-corrected chi connectivity index (χ4v) is 0.817. The molecule has 0 saturated carbocycles. The molecular formula is C8H3F6. The average molecular weight is 213 g/mol. The fraction of sp³-hybridized carbons (Fsp3) is 0.250. The monoisotopic (exact) mass is 213 g/mol. The Balaban J connectivity index is 3.23. The van der Waals surface area contributed by atoms with Gasteiger partial charge >= 0.3 is 12.1 Å². The molecule has 6 heteroatoms. The lowest BCUT2D eigenvalue weighted by Gasteiger charge is -2.19. The summed E-state index contributed by atoms with van der Waals surface area (Å²) in [4.78, 5) is 0. The maximum atomic E-state index is 12.6. The Morgan fingerprint density at radius 1 is 1.07 bits per heavy atom.